The summed E-state index contributed by atoms with van der Waals surface area (Å²) in [6.45, 7) is 5.88. The lowest BCUT2D eigenvalue weighted by Crippen LogP contribution is -2.21. The second-order valence-corrected chi connectivity index (χ2v) is 9.00. The van der Waals surface area contributed by atoms with Crippen molar-refractivity contribution in [2.24, 2.45) is 5.92 Å². The summed E-state index contributed by atoms with van der Waals surface area (Å²) in [6.07, 6.45) is 28.3. The summed E-state index contributed by atoms with van der Waals surface area (Å²) in [5, 5.41) is 8.99. The summed E-state index contributed by atoms with van der Waals surface area (Å²) >= 11 is 0. The van der Waals surface area contributed by atoms with Gasteiger partial charge in [0, 0.05) is 0 Å². The van der Waals surface area contributed by atoms with E-state index < -0.39 is 17.9 Å². The van der Waals surface area contributed by atoms with E-state index in [1.54, 1.807) is 0 Å². The fourth-order valence-electron chi connectivity index (χ4n) is 3.95. The fraction of sp³-hybridized carbons (Fsp3) is 0.786. The molecule has 4 heteroatoms. The largest absolute Gasteiger partial charge is 0.481 e. The minimum Gasteiger partial charge on any atom is -0.481 e. The number of ether oxygens (including phenoxy) is 1. The van der Waals surface area contributed by atoms with E-state index in [-0.39, 0.29) is 13.0 Å². The number of unbranched alkanes of at least 4 members (excludes halogenated alkanes) is 15. The molecule has 0 aromatic rings. The molecule has 1 N–H and O–H groups in total. The van der Waals surface area contributed by atoms with E-state index in [1.165, 1.54) is 96.0 Å². The van der Waals surface area contributed by atoms with E-state index in [2.05, 4.69) is 25.7 Å². The van der Waals surface area contributed by atoms with Crippen molar-refractivity contribution in [3.63, 3.8) is 0 Å². The zero-order chi connectivity index (χ0) is 23.7. The van der Waals surface area contributed by atoms with Gasteiger partial charge in [0.2, 0.25) is 0 Å². The Morgan fingerprint density at radius 1 is 0.781 bits per heavy atom. The van der Waals surface area contributed by atoms with Crippen molar-refractivity contribution in [1.29, 1.82) is 0 Å². The minimum atomic E-state index is -0.944. The molecule has 1 unspecified atom stereocenters. The summed E-state index contributed by atoms with van der Waals surface area (Å²) < 4.78 is 5.02. The van der Waals surface area contributed by atoms with Gasteiger partial charge in [0.25, 0.3) is 0 Å². The fourth-order valence-corrected chi connectivity index (χ4v) is 3.95. The Balaban J connectivity index is 3.44. The van der Waals surface area contributed by atoms with Crippen LogP contribution < -0.4 is 0 Å². The standard InChI is InChI=1S/C28H50O4/c1-3-5-6-7-8-9-10-11-12-13-14-15-16-17-18-19-20-21-22-23-26(25-27(29)30)28(31)32-24-4-2/h4,6-7,26H,2-3,5,8-25H2,1H3,(H,29,30)/b7-6+. The first-order valence-corrected chi connectivity index (χ1v) is 13.3. The lowest BCUT2D eigenvalue weighted by molar-refractivity contribution is -0.152. The maximum Gasteiger partial charge on any atom is 0.309 e. The number of carboxylic acid groups (broad SMARTS) is 1. The molecular formula is C28H50O4. The normalized spacial score (nSPS) is 12.2. The van der Waals surface area contributed by atoms with Gasteiger partial charge < -0.3 is 9.84 Å². The third-order valence-electron chi connectivity index (χ3n) is 5.89. The van der Waals surface area contributed by atoms with E-state index >= 15 is 0 Å². The quantitative estimate of drug-likeness (QED) is 0.0910. The van der Waals surface area contributed by atoms with Gasteiger partial charge in [-0.15, -0.1) is 0 Å². The molecule has 4 nitrogen and oxygen atoms in total. The highest BCUT2D eigenvalue weighted by atomic mass is 16.5. The van der Waals surface area contributed by atoms with E-state index in [1.807, 2.05) is 0 Å². The van der Waals surface area contributed by atoms with Gasteiger partial charge in [-0.25, -0.2) is 0 Å². The number of allylic oxidation sites excluding steroid dienone is 2. The molecule has 0 radical (unpaired) electrons. The van der Waals surface area contributed by atoms with Crippen molar-refractivity contribution in [3.05, 3.63) is 24.8 Å². The topological polar surface area (TPSA) is 63.6 Å². The predicted molar refractivity (Wildman–Crippen MR) is 135 cm³/mol. The van der Waals surface area contributed by atoms with Crippen LogP contribution in [0.3, 0.4) is 0 Å². The smallest absolute Gasteiger partial charge is 0.309 e. The van der Waals surface area contributed by atoms with Gasteiger partial charge in [0.05, 0.1) is 12.3 Å². The van der Waals surface area contributed by atoms with Crippen LogP contribution in [-0.2, 0) is 14.3 Å². The molecule has 32 heavy (non-hydrogen) atoms. The Morgan fingerprint density at radius 2 is 1.25 bits per heavy atom. The Labute approximate surface area is 197 Å². The van der Waals surface area contributed by atoms with Crippen LogP contribution in [0.2, 0.25) is 0 Å². The molecule has 0 aliphatic rings. The van der Waals surface area contributed by atoms with Gasteiger partial charge in [-0.05, 0) is 25.7 Å². The molecule has 186 valence electrons. The minimum absolute atomic E-state index is 0.145. The zero-order valence-corrected chi connectivity index (χ0v) is 20.8. The zero-order valence-electron chi connectivity index (χ0n) is 20.8. The molecule has 0 aromatic carbocycles. The van der Waals surface area contributed by atoms with Crippen LogP contribution in [-0.4, -0.2) is 23.7 Å². The number of esters is 1. The molecule has 0 heterocycles. The second-order valence-electron chi connectivity index (χ2n) is 9.00. The molecule has 0 saturated heterocycles. The van der Waals surface area contributed by atoms with Crippen LogP contribution in [0.25, 0.3) is 0 Å². The monoisotopic (exact) mass is 450 g/mol. The van der Waals surface area contributed by atoms with Crippen LogP contribution in [0, 0.1) is 5.92 Å². The Morgan fingerprint density at radius 3 is 1.72 bits per heavy atom. The molecule has 0 aliphatic heterocycles. The number of aliphatic carboxylic acids is 1. The summed E-state index contributed by atoms with van der Waals surface area (Å²) in [5.74, 6) is -1.89. The lowest BCUT2D eigenvalue weighted by atomic mass is 9.97. The maximum absolute atomic E-state index is 11.9. The maximum atomic E-state index is 11.9. The third-order valence-corrected chi connectivity index (χ3v) is 5.89. The molecule has 0 rings (SSSR count). The van der Waals surface area contributed by atoms with Crippen molar-refractivity contribution in [2.75, 3.05) is 6.61 Å². The van der Waals surface area contributed by atoms with Gasteiger partial charge in [-0.3, -0.25) is 9.59 Å². The first kappa shape index (κ1) is 30.4. The highest BCUT2D eigenvalue weighted by Gasteiger charge is 2.22. The lowest BCUT2D eigenvalue weighted by Gasteiger charge is -2.13. The Bertz CT molecular complexity index is 484. The Hall–Kier alpha value is -1.58. The van der Waals surface area contributed by atoms with E-state index in [9.17, 15) is 9.59 Å². The molecule has 0 aliphatic carbocycles. The van der Waals surface area contributed by atoms with Crippen molar-refractivity contribution in [2.45, 2.75) is 129 Å². The molecule has 0 spiro atoms. The second kappa shape index (κ2) is 24.1. The number of carbonyl (C=O) groups is 2. The van der Waals surface area contributed by atoms with Crippen molar-refractivity contribution >= 4 is 11.9 Å². The van der Waals surface area contributed by atoms with Crippen molar-refractivity contribution in [1.82, 2.24) is 0 Å². The van der Waals surface area contributed by atoms with Crippen LogP contribution in [0.15, 0.2) is 24.8 Å². The average molecular weight is 451 g/mol. The van der Waals surface area contributed by atoms with Crippen molar-refractivity contribution < 1.29 is 19.4 Å². The molecule has 0 fully saturated rings. The van der Waals surface area contributed by atoms with Crippen LogP contribution >= 0.6 is 0 Å². The van der Waals surface area contributed by atoms with Crippen LogP contribution in [0.4, 0.5) is 0 Å². The molecule has 0 saturated carbocycles. The number of carbonyl (C=O) groups excluding carboxylic acids is 1. The predicted octanol–water partition coefficient (Wildman–Crippen LogP) is 8.40. The van der Waals surface area contributed by atoms with Crippen LogP contribution in [0.5, 0.6) is 0 Å². The summed E-state index contributed by atoms with van der Waals surface area (Å²) in [4.78, 5) is 22.9. The SMILES string of the molecule is C=CCOC(=O)C(CCCCCCCCCCCCCCCC/C=C/CCC)CC(=O)O. The molecular weight excluding hydrogens is 400 g/mol. The summed E-state index contributed by atoms with van der Waals surface area (Å²) in [7, 11) is 0. The molecule has 0 amide bonds. The summed E-state index contributed by atoms with van der Waals surface area (Å²) in [5.41, 5.74) is 0. The molecule has 1 atom stereocenters. The van der Waals surface area contributed by atoms with Gasteiger partial charge in [0.15, 0.2) is 0 Å². The van der Waals surface area contributed by atoms with E-state index in [0.717, 1.165) is 19.3 Å². The van der Waals surface area contributed by atoms with Gasteiger partial charge in [-0.2, -0.15) is 0 Å². The first-order valence-electron chi connectivity index (χ1n) is 13.3. The van der Waals surface area contributed by atoms with Gasteiger partial charge >= 0.3 is 11.9 Å². The highest BCUT2D eigenvalue weighted by molar-refractivity contribution is 5.79. The number of hydrogen-bond acceptors (Lipinski definition) is 3. The van der Waals surface area contributed by atoms with E-state index in [4.69, 9.17) is 9.84 Å². The first-order chi connectivity index (χ1) is 15.6. The molecule has 0 bridgehead atoms. The number of carboxylic acids is 1. The average Bonchev–Trinajstić information content (AvgIpc) is 2.77. The number of rotatable bonds is 24. The number of hydrogen-bond donors (Lipinski definition) is 1. The van der Waals surface area contributed by atoms with Gasteiger partial charge in [-0.1, -0.05) is 122 Å². The van der Waals surface area contributed by atoms with Crippen LogP contribution in [0.1, 0.15) is 129 Å². The van der Waals surface area contributed by atoms with Crippen molar-refractivity contribution in [3.8, 4) is 0 Å². The third kappa shape index (κ3) is 21.6. The molecule has 0 aromatic heterocycles. The summed E-state index contributed by atoms with van der Waals surface area (Å²) in [6, 6.07) is 0. The Kier molecular flexibility index (Phi) is 22.9. The van der Waals surface area contributed by atoms with Gasteiger partial charge in [0.1, 0.15) is 6.61 Å². The van der Waals surface area contributed by atoms with E-state index in [0.29, 0.717) is 6.42 Å². The highest BCUT2D eigenvalue weighted by Crippen LogP contribution is 2.18.